The van der Waals surface area contributed by atoms with Crippen molar-refractivity contribution in [2.75, 3.05) is 33.4 Å². The predicted molar refractivity (Wildman–Crippen MR) is 117 cm³/mol. The molecular formula is C20H23N5O6Si. The molecule has 0 saturated heterocycles. The van der Waals surface area contributed by atoms with E-state index in [1.807, 2.05) is 12.3 Å². The standard InChI is InChI=1S/C20H23N5O6Si/c1-27-14-7-5-8-15(28-2)18(14)32(26,30-4)24-19-17-16(31-23-19)11-13(22-20(17)29-3)12-25-10-6-9-21-25/h5-11,26H,12H2,1-4H3,(H,23,24). The second kappa shape index (κ2) is 8.86. The Hall–Kier alpha value is -3.61. The number of fused-ring (bicyclic) bond motifs is 1. The molecular weight excluding hydrogens is 434 g/mol. The fraction of sp³-hybridized carbons (Fsp3) is 0.250. The molecule has 0 radical (unpaired) electrons. The summed E-state index contributed by atoms with van der Waals surface area (Å²) in [6.07, 6.45) is 3.52. The number of nitrogens with zero attached hydrogens (tertiary/aromatic N) is 4. The van der Waals surface area contributed by atoms with E-state index in [1.165, 1.54) is 28.4 Å². The van der Waals surface area contributed by atoms with Crippen molar-refractivity contribution in [2.45, 2.75) is 6.54 Å². The number of methoxy groups -OCH3 is 3. The highest BCUT2D eigenvalue weighted by Gasteiger charge is 2.44. The first-order chi connectivity index (χ1) is 15.5. The van der Waals surface area contributed by atoms with Crippen molar-refractivity contribution in [2.24, 2.45) is 0 Å². The van der Waals surface area contributed by atoms with Crippen LogP contribution in [0.2, 0.25) is 0 Å². The van der Waals surface area contributed by atoms with Gasteiger partial charge in [-0.3, -0.25) is 4.68 Å². The van der Waals surface area contributed by atoms with Gasteiger partial charge in [-0.2, -0.15) is 5.10 Å². The molecule has 1 aromatic carbocycles. The third-order valence-corrected chi connectivity index (χ3v) is 7.24. The van der Waals surface area contributed by atoms with Crippen LogP contribution in [0.15, 0.2) is 47.2 Å². The maximum absolute atomic E-state index is 11.5. The molecule has 0 fully saturated rings. The number of ether oxygens (including phenoxy) is 3. The van der Waals surface area contributed by atoms with E-state index in [-0.39, 0.29) is 11.7 Å². The maximum atomic E-state index is 11.5. The smallest absolute Gasteiger partial charge is 0.496 e. The first-order valence-electron chi connectivity index (χ1n) is 9.60. The van der Waals surface area contributed by atoms with Gasteiger partial charge in [0.25, 0.3) is 0 Å². The monoisotopic (exact) mass is 457 g/mol. The molecule has 0 spiro atoms. The van der Waals surface area contributed by atoms with E-state index in [4.69, 9.17) is 23.2 Å². The van der Waals surface area contributed by atoms with Gasteiger partial charge in [0.05, 0.1) is 38.8 Å². The van der Waals surface area contributed by atoms with Gasteiger partial charge in [-0.25, -0.2) is 4.98 Å². The summed E-state index contributed by atoms with van der Waals surface area (Å²) < 4.78 is 29.2. The molecule has 4 rings (SSSR count). The van der Waals surface area contributed by atoms with Crippen LogP contribution in [0.25, 0.3) is 11.0 Å². The number of hydrogen-bond acceptors (Lipinski definition) is 10. The molecule has 3 aromatic heterocycles. The minimum absolute atomic E-state index is 0.221. The van der Waals surface area contributed by atoms with Crippen molar-refractivity contribution in [1.82, 2.24) is 19.9 Å². The number of anilines is 1. The van der Waals surface area contributed by atoms with Gasteiger partial charge in [-0.1, -0.05) is 11.2 Å². The summed E-state index contributed by atoms with van der Waals surface area (Å²) in [6, 6.07) is 8.75. The Morgan fingerprint density at radius 2 is 1.84 bits per heavy atom. The zero-order valence-corrected chi connectivity index (χ0v) is 19.0. The number of aromatic nitrogens is 4. The first kappa shape index (κ1) is 21.6. The predicted octanol–water partition coefficient (Wildman–Crippen LogP) is 1.39. The maximum Gasteiger partial charge on any atom is 0.498 e. The fourth-order valence-corrected chi connectivity index (χ4v) is 5.37. The minimum atomic E-state index is -3.87. The topological polar surface area (TPSA) is 126 Å². The van der Waals surface area contributed by atoms with Gasteiger partial charge in [0.2, 0.25) is 5.88 Å². The normalized spacial score (nSPS) is 13.0. The van der Waals surface area contributed by atoms with Crippen LogP contribution in [0, 0.1) is 0 Å². The summed E-state index contributed by atoms with van der Waals surface area (Å²) in [5.74, 6) is 1.33. The lowest BCUT2D eigenvalue weighted by molar-refractivity contribution is 0.307. The Kier molecular flexibility index (Phi) is 5.99. The van der Waals surface area contributed by atoms with Crippen molar-refractivity contribution < 1.29 is 28.0 Å². The number of benzene rings is 1. The van der Waals surface area contributed by atoms with E-state index >= 15 is 0 Å². The van der Waals surface area contributed by atoms with Crippen molar-refractivity contribution in [1.29, 1.82) is 0 Å². The van der Waals surface area contributed by atoms with Crippen LogP contribution in [-0.2, 0) is 11.0 Å². The lowest BCUT2D eigenvalue weighted by Crippen LogP contribution is -2.58. The van der Waals surface area contributed by atoms with Crippen LogP contribution < -0.4 is 24.4 Å². The van der Waals surface area contributed by atoms with Crippen molar-refractivity contribution in [3.05, 3.63) is 48.4 Å². The highest BCUT2D eigenvalue weighted by atomic mass is 28.4. The molecule has 0 aliphatic rings. The second-order valence-corrected chi connectivity index (χ2v) is 9.19. The molecule has 2 N–H and O–H groups in total. The third-order valence-electron chi connectivity index (χ3n) is 4.90. The average molecular weight is 458 g/mol. The Bertz CT molecular complexity index is 1190. The van der Waals surface area contributed by atoms with Gasteiger partial charge < -0.3 is 32.9 Å². The van der Waals surface area contributed by atoms with Gasteiger partial charge in [0, 0.05) is 25.6 Å². The van der Waals surface area contributed by atoms with Gasteiger partial charge >= 0.3 is 8.72 Å². The van der Waals surface area contributed by atoms with E-state index in [0.29, 0.717) is 39.9 Å². The van der Waals surface area contributed by atoms with E-state index in [1.54, 1.807) is 35.1 Å². The Morgan fingerprint density at radius 3 is 2.44 bits per heavy atom. The number of nitrogens with one attached hydrogen (secondary N) is 1. The van der Waals surface area contributed by atoms with Gasteiger partial charge in [0.15, 0.2) is 11.4 Å². The van der Waals surface area contributed by atoms with Crippen LogP contribution in [0.3, 0.4) is 0 Å². The molecule has 4 aromatic rings. The number of hydrogen-bond donors (Lipinski definition) is 2. The highest BCUT2D eigenvalue weighted by molar-refractivity contribution is 6.84. The molecule has 3 heterocycles. The molecule has 0 aliphatic carbocycles. The molecule has 168 valence electrons. The van der Waals surface area contributed by atoms with Crippen molar-refractivity contribution in [3.8, 4) is 17.4 Å². The van der Waals surface area contributed by atoms with E-state index in [0.717, 1.165) is 0 Å². The first-order valence-corrected chi connectivity index (χ1v) is 11.5. The van der Waals surface area contributed by atoms with E-state index in [9.17, 15) is 4.80 Å². The summed E-state index contributed by atoms with van der Waals surface area (Å²) in [5.41, 5.74) is 1.10. The summed E-state index contributed by atoms with van der Waals surface area (Å²) >= 11 is 0. The second-order valence-electron chi connectivity index (χ2n) is 6.74. The van der Waals surface area contributed by atoms with Gasteiger partial charge in [-0.05, 0) is 18.2 Å². The average Bonchev–Trinajstić information content (AvgIpc) is 3.48. The van der Waals surface area contributed by atoms with Crippen LogP contribution in [0.5, 0.6) is 17.4 Å². The molecule has 0 saturated carbocycles. The molecule has 1 atom stereocenters. The summed E-state index contributed by atoms with van der Waals surface area (Å²) in [5, 5.41) is 9.12. The molecule has 1 unspecified atom stereocenters. The lowest BCUT2D eigenvalue weighted by Gasteiger charge is -2.26. The fourth-order valence-electron chi connectivity index (χ4n) is 3.41. The molecule has 0 bridgehead atoms. The van der Waals surface area contributed by atoms with Crippen LogP contribution in [0.4, 0.5) is 5.82 Å². The highest BCUT2D eigenvalue weighted by Crippen LogP contribution is 2.33. The Morgan fingerprint density at radius 1 is 1.09 bits per heavy atom. The molecule has 0 aliphatic heterocycles. The largest absolute Gasteiger partial charge is 0.498 e. The van der Waals surface area contributed by atoms with Crippen LogP contribution in [0.1, 0.15) is 5.69 Å². The van der Waals surface area contributed by atoms with Gasteiger partial charge in [0.1, 0.15) is 16.9 Å². The molecule has 0 amide bonds. The van der Waals surface area contributed by atoms with E-state index < -0.39 is 8.72 Å². The number of rotatable bonds is 9. The zero-order chi connectivity index (χ0) is 22.7. The quantitative estimate of drug-likeness (QED) is 0.356. The molecule has 32 heavy (non-hydrogen) atoms. The minimum Gasteiger partial charge on any atom is -0.496 e. The van der Waals surface area contributed by atoms with Gasteiger partial charge in [-0.15, -0.1) is 0 Å². The van der Waals surface area contributed by atoms with Crippen molar-refractivity contribution in [3.63, 3.8) is 0 Å². The summed E-state index contributed by atoms with van der Waals surface area (Å²) in [6.45, 7) is 0.429. The third kappa shape index (κ3) is 3.86. The Labute approximate surface area is 184 Å². The SMILES string of the molecule is COc1cccc(OC)c1[Si](O)(Nc1noc2cc(Cn3cccn3)nc(OC)c12)OC. The molecule has 11 nitrogen and oxygen atoms in total. The van der Waals surface area contributed by atoms with Crippen molar-refractivity contribution >= 4 is 30.7 Å². The van der Waals surface area contributed by atoms with Crippen LogP contribution >= 0.6 is 0 Å². The Balaban J connectivity index is 1.77. The lowest BCUT2D eigenvalue weighted by atomic mass is 10.2. The zero-order valence-electron chi connectivity index (χ0n) is 18.0. The van der Waals surface area contributed by atoms with E-state index in [2.05, 4.69) is 20.2 Å². The number of pyridine rings is 1. The summed E-state index contributed by atoms with van der Waals surface area (Å²) in [4.78, 5) is 19.1. The summed E-state index contributed by atoms with van der Waals surface area (Å²) in [7, 11) is 2.02. The van der Waals surface area contributed by atoms with Crippen LogP contribution in [-0.4, -0.2) is 61.9 Å². The molecule has 12 heteroatoms.